The first-order chi connectivity index (χ1) is 16.1. The molecule has 0 radical (unpaired) electrons. The number of hydrogen-bond acceptors (Lipinski definition) is 8. The largest absolute Gasteiger partial charge is 0.508 e. The molecule has 2 aromatic carbocycles. The monoisotopic (exact) mass is 511 g/mol. The second kappa shape index (κ2) is 13.8. The Hall–Kier alpha value is -2.21. The fourth-order valence-corrected chi connectivity index (χ4v) is 3.48. The summed E-state index contributed by atoms with van der Waals surface area (Å²) in [6.07, 6.45) is -0.151. The zero-order chi connectivity index (χ0) is 26.8. The van der Waals surface area contributed by atoms with Gasteiger partial charge in [0.05, 0.1) is 25.1 Å². The molecule has 0 spiro atoms. The Bertz CT molecular complexity index is 1000. The number of phenols is 1. The van der Waals surface area contributed by atoms with Crippen LogP contribution < -0.4 is 15.4 Å². The zero-order valence-corrected chi connectivity index (χ0v) is 22.2. The van der Waals surface area contributed by atoms with E-state index >= 15 is 0 Å². The van der Waals surface area contributed by atoms with Crippen LogP contribution in [0.1, 0.15) is 63.5 Å². The van der Waals surface area contributed by atoms with Crippen molar-refractivity contribution < 1.29 is 28.8 Å². The Morgan fingerprint density at radius 3 is 1.94 bits per heavy atom. The van der Waals surface area contributed by atoms with E-state index in [2.05, 4.69) is 15.4 Å². The molecular formula is C25H41N3O6S. The van der Waals surface area contributed by atoms with Crippen molar-refractivity contribution >= 4 is 15.7 Å². The van der Waals surface area contributed by atoms with Gasteiger partial charge in [-0.3, -0.25) is 4.72 Å². The molecule has 7 N–H and O–H groups in total. The summed E-state index contributed by atoms with van der Waals surface area (Å²) in [6, 6.07) is 11.8. The first-order valence-corrected chi connectivity index (χ1v) is 13.4. The maximum atomic E-state index is 11.0. The van der Waals surface area contributed by atoms with Crippen LogP contribution in [0.5, 0.6) is 5.75 Å². The van der Waals surface area contributed by atoms with Crippen molar-refractivity contribution in [1.82, 2.24) is 10.6 Å². The van der Waals surface area contributed by atoms with E-state index in [9.17, 15) is 23.7 Å². The molecule has 0 bridgehead atoms. The predicted octanol–water partition coefficient (Wildman–Crippen LogP) is 2.40. The third-order valence-corrected chi connectivity index (χ3v) is 5.41. The minimum Gasteiger partial charge on any atom is -0.508 e. The number of aliphatic hydroxyl groups is 3. The molecule has 2 rings (SSSR count). The van der Waals surface area contributed by atoms with Crippen LogP contribution in [0.4, 0.5) is 5.69 Å². The lowest BCUT2D eigenvalue weighted by Gasteiger charge is -2.23. The van der Waals surface area contributed by atoms with Gasteiger partial charge in [-0.15, -0.1) is 0 Å². The highest BCUT2D eigenvalue weighted by Crippen LogP contribution is 2.22. The van der Waals surface area contributed by atoms with E-state index in [0.29, 0.717) is 35.9 Å². The quantitative estimate of drug-likeness (QED) is 0.257. The zero-order valence-electron chi connectivity index (χ0n) is 21.4. The third-order valence-electron chi connectivity index (χ3n) is 4.80. The molecule has 0 aliphatic heterocycles. The maximum absolute atomic E-state index is 11.0. The van der Waals surface area contributed by atoms with Crippen molar-refractivity contribution in [3.8, 4) is 5.75 Å². The Kier molecular flexibility index (Phi) is 12.1. The van der Waals surface area contributed by atoms with E-state index in [4.69, 9.17) is 5.11 Å². The van der Waals surface area contributed by atoms with Gasteiger partial charge in [-0.05, 0) is 56.2 Å². The van der Waals surface area contributed by atoms with Crippen LogP contribution in [-0.2, 0) is 16.6 Å². The summed E-state index contributed by atoms with van der Waals surface area (Å²) >= 11 is 0. The SMILES string of the molecule is CC(C)(C)NCC(O)c1ccc(O)c(CO)c1.CC(C)NCC(O)c1ccc(NS(C)(=O)=O)cc1. The Balaban J connectivity index is 0.000000351. The number of anilines is 1. The molecule has 0 aromatic heterocycles. The molecule has 198 valence electrons. The first kappa shape index (κ1) is 30.8. The Labute approximate surface area is 209 Å². The van der Waals surface area contributed by atoms with Crippen molar-refractivity contribution in [2.24, 2.45) is 0 Å². The van der Waals surface area contributed by atoms with Crippen LogP contribution in [0.25, 0.3) is 0 Å². The highest BCUT2D eigenvalue weighted by atomic mass is 32.2. The van der Waals surface area contributed by atoms with Crippen molar-refractivity contribution in [3.63, 3.8) is 0 Å². The second-order valence-electron chi connectivity index (χ2n) is 9.77. The van der Waals surface area contributed by atoms with Gasteiger partial charge in [0, 0.05) is 35.9 Å². The highest BCUT2D eigenvalue weighted by molar-refractivity contribution is 7.92. The molecule has 0 amide bonds. The summed E-state index contributed by atoms with van der Waals surface area (Å²) in [4.78, 5) is 0. The molecule has 2 atom stereocenters. The summed E-state index contributed by atoms with van der Waals surface area (Å²) < 4.78 is 24.4. The van der Waals surface area contributed by atoms with Gasteiger partial charge in [0.25, 0.3) is 0 Å². The molecule has 0 saturated carbocycles. The van der Waals surface area contributed by atoms with E-state index < -0.39 is 22.2 Å². The molecule has 35 heavy (non-hydrogen) atoms. The molecular weight excluding hydrogens is 470 g/mol. The van der Waals surface area contributed by atoms with Gasteiger partial charge in [0.15, 0.2) is 0 Å². The standard InChI is InChI=1S/C13H21NO3.C12H20N2O3S/c1-13(2,3)14-7-12(17)9-4-5-11(16)10(6-9)8-15;1-9(2)13-8-12(15)10-4-6-11(7-5-10)14-18(3,16)17/h4-6,12,14-17H,7-8H2,1-3H3;4-7,9,12-15H,8H2,1-3H3. The molecule has 2 aromatic rings. The number of aliphatic hydroxyl groups excluding tert-OH is 3. The molecule has 0 saturated heterocycles. The van der Waals surface area contributed by atoms with Crippen molar-refractivity contribution in [1.29, 1.82) is 0 Å². The first-order valence-electron chi connectivity index (χ1n) is 11.5. The number of sulfonamides is 1. The lowest BCUT2D eigenvalue weighted by molar-refractivity contribution is 0.163. The van der Waals surface area contributed by atoms with Crippen molar-refractivity contribution in [2.75, 3.05) is 24.1 Å². The van der Waals surface area contributed by atoms with Gasteiger partial charge >= 0.3 is 0 Å². The Morgan fingerprint density at radius 1 is 0.914 bits per heavy atom. The number of β-amino-alcohol motifs (C(OH)–C–C–N with tert-alkyl or cyclic N) is 1. The van der Waals surface area contributed by atoms with Crippen LogP contribution >= 0.6 is 0 Å². The molecule has 10 heteroatoms. The summed E-state index contributed by atoms with van der Waals surface area (Å²) in [5.41, 5.74) is 2.30. The maximum Gasteiger partial charge on any atom is 0.229 e. The van der Waals surface area contributed by atoms with Crippen molar-refractivity contribution in [3.05, 3.63) is 59.2 Å². The summed E-state index contributed by atoms with van der Waals surface area (Å²) in [7, 11) is -3.26. The van der Waals surface area contributed by atoms with E-state index in [1.165, 1.54) is 6.07 Å². The van der Waals surface area contributed by atoms with Crippen LogP contribution in [-0.4, -0.2) is 59.8 Å². The average molecular weight is 512 g/mol. The van der Waals surface area contributed by atoms with E-state index in [1.54, 1.807) is 36.4 Å². The summed E-state index contributed by atoms with van der Waals surface area (Å²) in [5, 5.41) is 44.6. The lowest BCUT2D eigenvalue weighted by atomic mass is 10.0. The van der Waals surface area contributed by atoms with Crippen molar-refractivity contribution in [2.45, 2.75) is 65.0 Å². The van der Waals surface area contributed by atoms with E-state index in [1.807, 2.05) is 34.6 Å². The number of aromatic hydroxyl groups is 1. The fourth-order valence-electron chi connectivity index (χ4n) is 2.91. The van der Waals surface area contributed by atoms with Crippen LogP contribution in [0.15, 0.2) is 42.5 Å². The third kappa shape index (κ3) is 12.9. The molecule has 0 aliphatic rings. The van der Waals surface area contributed by atoms with Gasteiger partial charge in [-0.25, -0.2) is 8.42 Å². The van der Waals surface area contributed by atoms with Gasteiger partial charge in [0.2, 0.25) is 10.0 Å². The van der Waals surface area contributed by atoms with Crippen LogP contribution in [0.3, 0.4) is 0 Å². The van der Waals surface area contributed by atoms with Gasteiger partial charge < -0.3 is 31.1 Å². The van der Waals surface area contributed by atoms with Crippen LogP contribution in [0, 0.1) is 0 Å². The van der Waals surface area contributed by atoms with E-state index in [0.717, 1.165) is 11.8 Å². The van der Waals surface area contributed by atoms with Gasteiger partial charge in [-0.1, -0.05) is 32.0 Å². The van der Waals surface area contributed by atoms with Gasteiger partial charge in [0.1, 0.15) is 5.75 Å². The van der Waals surface area contributed by atoms with E-state index in [-0.39, 0.29) is 17.9 Å². The minimum atomic E-state index is -3.26. The normalized spacial score (nSPS) is 13.7. The summed E-state index contributed by atoms with van der Waals surface area (Å²) in [5.74, 6) is 0.0484. The summed E-state index contributed by atoms with van der Waals surface area (Å²) in [6.45, 7) is 10.7. The topological polar surface area (TPSA) is 151 Å². The predicted molar refractivity (Wildman–Crippen MR) is 140 cm³/mol. The number of benzene rings is 2. The lowest BCUT2D eigenvalue weighted by Crippen LogP contribution is -2.38. The molecule has 0 fully saturated rings. The molecule has 0 aliphatic carbocycles. The fraction of sp³-hybridized carbons (Fsp3) is 0.520. The Morgan fingerprint density at radius 2 is 1.46 bits per heavy atom. The smallest absolute Gasteiger partial charge is 0.229 e. The minimum absolute atomic E-state index is 0.0484. The highest BCUT2D eigenvalue weighted by Gasteiger charge is 2.14. The molecule has 9 nitrogen and oxygen atoms in total. The number of hydrogen-bond donors (Lipinski definition) is 7. The van der Waals surface area contributed by atoms with Crippen LogP contribution in [0.2, 0.25) is 0 Å². The number of nitrogens with one attached hydrogen (secondary N) is 3. The van der Waals surface area contributed by atoms with Gasteiger partial charge in [-0.2, -0.15) is 0 Å². The number of rotatable bonds is 10. The molecule has 0 heterocycles. The molecule has 2 unspecified atom stereocenters. The second-order valence-corrected chi connectivity index (χ2v) is 11.5. The average Bonchev–Trinajstić information content (AvgIpc) is 2.75.